The number of carbonyl (C=O) groups is 1. The molecular formula is C11H16O2. The fourth-order valence-electron chi connectivity index (χ4n) is 2.91. The second-order valence-corrected chi connectivity index (χ2v) is 4.69. The van der Waals surface area contributed by atoms with Gasteiger partial charge in [-0.2, -0.15) is 0 Å². The molecule has 0 aromatic rings. The van der Waals surface area contributed by atoms with Crippen molar-refractivity contribution in [3.8, 4) is 0 Å². The minimum atomic E-state index is -0.211. The summed E-state index contributed by atoms with van der Waals surface area (Å²) in [6, 6.07) is 0. The Hall–Kier alpha value is -0.630. The Kier molecular flexibility index (Phi) is 1.54. The van der Waals surface area contributed by atoms with E-state index in [-0.39, 0.29) is 17.0 Å². The molecule has 1 fully saturated rings. The first-order chi connectivity index (χ1) is 5.92. The largest absolute Gasteiger partial charge is 0.357 e. The molecular weight excluding hydrogens is 164 g/mol. The molecule has 0 aromatic carbocycles. The first-order valence-corrected chi connectivity index (χ1v) is 4.84. The predicted octanol–water partition coefficient (Wildman–Crippen LogP) is 2.09. The smallest absolute Gasteiger partial charge is 0.158 e. The van der Waals surface area contributed by atoms with E-state index in [2.05, 4.69) is 13.8 Å². The number of epoxide rings is 1. The zero-order valence-electron chi connectivity index (χ0n) is 8.68. The molecule has 2 rings (SSSR count). The monoisotopic (exact) mass is 180 g/mol. The van der Waals surface area contributed by atoms with Crippen LogP contribution in [0.5, 0.6) is 0 Å². The van der Waals surface area contributed by atoms with Gasteiger partial charge in [-0.3, -0.25) is 4.79 Å². The van der Waals surface area contributed by atoms with E-state index in [1.807, 2.05) is 13.8 Å². The number of hydrogen-bond donors (Lipinski definition) is 0. The van der Waals surface area contributed by atoms with Crippen LogP contribution in [0.4, 0.5) is 0 Å². The van der Waals surface area contributed by atoms with Crippen LogP contribution in [0.1, 0.15) is 34.1 Å². The number of fused-ring (bicyclic) bond motifs is 1. The van der Waals surface area contributed by atoms with Crippen LogP contribution in [-0.2, 0) is 9.53 Å². The van der Waals surface area contributed by atoms with Crippen LogP contribution in [0.2, 0.25) is 0 Å². The highest BCUT2D eigenvalue weighted by atomic mass is 16.6. The van der Waals surface area contributed by atoms with Crippen molar-refractivity contribution < 1.29 is 9.53 Å². The molecule has 2 nitrogen and oxygen atoms in total. The van der Waals surface area contributed by atoms with Gasteiger partial charge < -0.3 is 4.74 Å². The van der Waals surface area contributed by atoms with E-state index in [4.69, 9.17) is 4.74 Å². The van der Waals surface area contributed by atoms with E-state index in [0.717, 1.165) is 5.57 Å². The Balaban J connectivity index is 2.43. The molecule has 0 aromatic heterocycles. The van der Waals surface area contributed by atoms with Gasteiger partial charge >= 0.3 is 0 Å². The van der Waals surface area contributed by atoms with Crippen LogP contribution < -0.4 is 0 Å². The normalized spacial score (nSPS) is 43.2. The molecule has 2 aliphatic rings. The van der Waals surface area contributed by atoms with Crippen LogP contribution in [0.3, 0.4) is 0 Å². The van der Waals surface area contributed by atoms with Gasteiger partial charge in [0.1, 0.15) is 11.2 Å². The molecule has 0 amide bonds. The van der Waals surface area contributed by atoms with E-state index in [1.165, 1.54) is 0 Å². The molecule has 1 saturated heterocycles. The topological polar surface area (TPSA) is 29.6 Å². The minimum Gasteiger partial charge on any atom is -0.357 e. The van der Waals surface area contributed by atoms with Gasteiger partial charge in [-0.25, -0.2) is 0 Å². The lowest BCUT2D eigenvalue weighted by atomic mass is 9.73. The Morgan fingerprint density at radius 3 is 2.62 bits per heavy atom. The number of hydrogen-bond acceptors (Lipinski definition) is 2. The highest BCUT2D eigenvalue weighted by molar-refractivity contribution is 5.94. The summed E-state index contributed by atoms with van der Waals surface area (Å²) < 4.78 is 5.81. The summed E-state index contributed by atoms with van der Waals surface area (Å²) >= 11 is 0. The van der Waals surface area contributed by atoms with Crippen LogP contribution >= 0.6 is 0 Å². The van der Waals surface area contributed by atoms with Gasteiger partial charge in [0.15, 0.2) is 5.78 Å². The zero-order chi connectivity index (χ0) is 9.85. The molecule has 0 saturated carbocycles. The van der Waals surface area contributed by atoms with Crippen molar-refractivity contribution in [1.82, 2.24) is 0 Å². The standard InChI is InChI=1S/C11H16O2/c1-7(2)11-8(3)5-9(12)6-10(11,4)13-11/h5,7H,6H2,1-4H3. The second kappa shape index (κ2) is 2.24. The molecule has 0 bridgehead atoms. The van der Waals surface area contributed by atoms with Crippen LogP contribution in [0.25, 0.3) is 0 Å². The molecule has 2 unspecified atom stereocenters. The lowest BCUT2D eigenvalue weighted by Crippen LogP contribution is -2.35. The predicted molar refractivity (Wildman–Crippen MR) is 50.4 cm³/mol. The molecule has 1 aliphatic carbocycles. The van der Waals surface area contributed by atoms with Crippen LogP contribution in [0.15, 0.2) is 11.6 Å². The second-order valence-electron chi connectivity index (χ2n) is 4.69. The SMILES string of the molecule is CC1=CC(=O)CC2(C)OC12C(C)C. The van der Waals surface area contributed by atoms with Gasteiger partial charge in [-0.05, 0) is 31.4 Å². The number of carbonyl (C=O) groups excluding carboxylic acids is 1. The van der Waals surface area contributed by atoms with Crippen LogP contribution in [-0.4, -0.2) is 17.0 Å². The molecule has 2 atom stereocenters. The van der Waals surface area contributed by atoms with E-state index < -0.39 is 0 Å². The average molecular weight is 180 g/mol. The Bertz CT molecular complexity index is 303. The molecule has 0 radical (unpaired) electrons. The third-order valence-corrected chi connectivity index (χ3v) is 3.42. The van der Waals surface area contributed by atoms with Gasteiger partial charge in [0.05, 0.1) is 0 Å². The first-order valence-electron chi connectivity index (χ1n) is 4.84. The molecule has 1 aliphatic heterocycles. The van der Waals surface area contributed by atoms with Gasteiger partial charge in [0.25, 0.3) is 0 Å². The van der Waals surface area contributed by atoms with Crippen molar-refractivity contribution in [1.29, 1.82) is 0 Å². The molecule has 13 heavy (non-hydrogen) atoms. The summed E-state index contributed by atoms with van der Waals surface area (Å²) in [7, 11) is 0. The third kappa shape index (κ3) is 0.896. The Labute approximate surface area is 79.0 Å². The quantitative estimate of drug-likeness (QED) is 0.578. The summed E-state index contributed by atoms with van der Waals surface area (Å²) in [6.45, 7) is 8.35. The maximum Gasteiger partial charge on any atom is 0.158 e. The number of rotatable bonds is 1. The Morgan fingerprint density at radius 1 is 1.54 bits per heavy atom. The summed E-state index contributed by atoms with van der Waals surface area (Å²) in [6.07, 6.45) is 2.29. The fraction of sp³-hybridized carbons (Fsp3) is 0.727. The minimum absolute atomic E-state index is 0.138. The molecule has 2 heteroatoms. The number of allylic oxidation sites excluding steroid dienone is 1. The van der Waals surface area contributed by atoms with Gasteiger partial charge in [-0.15, -0.1) is 0 Å². The van der Waals surface area contributed by atoms with Gasteiger partial charge in [-0.1, -0.05) is 13.8 Å². The first kappa shape index (κ1) is 8.95. The van der Waals surface area contributed by atoms with Crippen molar-refractivity contribution in [2.24, 2.45) is 5.92 Å². The molecule has 1 heterocycles. The number of ketones is 1. The van der Waals surface area contributed by atoms with Gasteiger partial charge in [0.2, 0.25) is 0 Å². The number of ether oxygens (including phenoxy) is 1. The molecule has 72 valence electrons. The van der Waals surface area contributed by atoms with E-state index in [9.17, 15) is 4.79 Å². The summed E-state index contributed by atoms with van der Waals surface area (Å²) in [5.74, 6) is 0.649. The summed E-state index contributed by atoms with van der Waals surface area (Å²) in [4.78, 5) is 11.3. The summed E-state index contributed by atoms with van der Waals surface area (Å²) in [5, 5.41) is 0. The Morgan fingerprint density at radius 2 is 2.15 bits per heavy atom. The highest BCUT2D eigenvalue weighted by Crippen LogP contribution is 2.60. The van der Waals surface area contributed by atoms with Crippen LogP contribution in [0, 0.1) is 5.92 Å². The third-order valence-electron chi connectivity index (χ3n) is 3.42. The summed E-state index contributed by atoms with van der Waals surface area (Å²) in [5.41, 5.74) is 0.749. The zero-order valence-corrected chi connectivity index (χ0v) is 8.68. The van der Waals surface area contributed by atoms with Crippen molar-refractivity contribution >= 4 is 5.78 Å². The average Bonchev–Trinajstić information content (AvgIpc) is 2.56. The van der Waals surface area contributed by atoms with Crippen molar-refractivity contribution in [2.45, 2.75) is 45.3 Å². The molecule has 0 N–H and O–H groups in total. The molecule has 0 spiro atoms. The van der Waals surface area contributed by atoms with Gasteiger partial charge in [0, 0.05) is 6.42 Å². The fourth-order valence-corrected chi connectivity index (χ4v) is 2.91. The maximum absolute atomic E-state index is 11.3. The highest BCUT2D eigenvalue weighted by Gasteiger charge is 2.70. The lowest BCUT2D eigenvalue weighted by molar-refractivity contribution is -0.115. The van der Waals surface area contributed by atoms with Crippen molar-refractivity contribution in [2.75, 3.05) is 0 Å². The van der Waals surface area contributed by atoms with E-state index in [0.29, 0.717) is 12.3 Å². The maximum atomic E-state index is 11.3. The van der Waals surface area contributed by atoms with Crippen molar-refractivity contribution in [3.63, 3.8) is 0 Å². The van der Waals surface area contributed by atoms with Crippen molar-refractivity contribution in [3.05, 3.63) is 11.6 Å². The van der Waals surface area contributed by atoms with E-state index >= 15 is 0 Å². The lowest BCUT2D eigenvalue weighted by Gasteiger charge is -2.24. The van der Waals surface area contributed by atoms with E-state index in [1.54, 1.807) is 6.08 Å².